The van der Waals surface area contributed by atoms with Crippen LogP contribution in [0.1, 0.15) is 16.2 Å². The Bertz CT molecular complexity index is 608. The molecule has 1 aromatic heterocycles. The van der Waals surface area contributed by atoms with Crippen LogP contribution in [0.3, 0.4) is 0 Å². The maximum Gasteiger partial charge on any atom is 0.256 e. The van der Waals surface area contributed by atoms with E-state index in [4.69, 9.17) is 5.73 Å². The van der Waals surface area contributed by atoms with Crippen molar-refractivity contribution in [3.05, 3.63) is 47.8 Å². The highest BCUT2D eigenvalue weighted by Crippen LogP contribution is 2.14. The topological polar surface area (TPSA) is 64.2 Å². The Hall–Kier alpha value is -2.37. The number of imidazole rings is 1. The summed E-state index contributed by atoms with van der Waals surface area (Å²) in [5.74, 6) is -0.288. The number of benzene rings is 1. The predicted molar refractivity (Wildman–Crippen MR) is 69.8 cm³/mol. The van der Waals surface area contributed by atoms with Crippen molar-refractivity contribution >= 4 is 11.6 Å². The van der Waals surface area contributed by atoms with Gasteiger partial charge in [0.1, 0.15) is 11.6 Å². The molecule has 0 aliphatic heterocycles. The first kappa shape index (κ1) is 13.1. The number of anilines is 1. The Balaban J connectivity index is 2.17. The standard InChI is InChI=1S/C13H15FN4O/c1-17-6-5-16-12(17)8-18(2)13(19)10-4-3-9(15)7-11(10)14/h3-7H,8,15H2,1-2H3. The zero-order valence-corrected chi connectivity index (χ0v) is 10.8. The molecule has 100 valence electrons. The monoisotopic (exact) mass is 262 g/mol. The molecular weight excluding hydrogens is 247 g/mol. The molecule has 0 aliphatic carbocycles. The van der Waals surface area contributed by atoms with Gasteiger partial charge in [0.15, 0.2) is 0 Å². The summed E-state index contributed by atoms with van der Waals surface area (Å²) >= 11 is 0. The zero-order chi connectivity index (χ0) is 14.0. The first-order valence-electron chi connectivity index (χ1n) is 5.75. The number of halogens is 1. The molecule has 1 heterocycles. The largest absolute Gasteiger partial charge is 0.399 e. The lowest BCUT2D eigenvalue weighted by atomic mass is 10.1. The maximum atomic E-state index is 13.7. The minimum atomic E-state index is -0.614. The summed E-state index contributed by atoms with van der Waals surface area (Å²) in [6, 6.07) is 4.04. The third-order valence-corrected chi connectivity index (χ3v) is 2.87. The SMILES string of the molecule is CN(Cc1nccn1C)C(=O)c1ccc(N)cc1F. The summed E-state index contributed by atoms with van der Waals surface area (Å²) in [4.78, 5) is 17.7. The summed E-state index contributed by atoms with van der Waals surface area (Å²) in [7, 11) is 3.44. The predicted octanol–water partition coefficient (Wildman–Crippen LogP) is 1.41. The fraction of sp³-hybridized carbons (Fsp3) is 0.231. The summed E-state index contributed by atoms with van der Waals surface area (Å²) in [6.45, 7) is 0.312. The van der Waals surface area contributed by atoms with Crippen LogP contribution in [0, 0.1) is 5.82 Å². The van der Waals surface area contributed by atoms with Crippen molar-refractivity contribution in [3.8, 4) is 0 Å². The lowest BCUT2D eigenvalue weighted by Crippen LogP contribution is -2.28. The second-order valence-corrected chi connectivity index (χ2v) is 4.35. The Morgan fingerprint density at radius 2 is 2.26 bits per heavy atom. The van der Waals surface area contributed by atoms with E-state index in [1.807, 2.05) is 11.6 Å². The van der Waals surface area contributed by atoms with Gasteiger partial charge in [-0.3, -0.25) is 4.79 Å². The van der Waals surface area contributed by atoms with Gasteiger partial charge >= 0.3 is 0 Å². The molecule has 0 fully saturated rings. The van der Waals surface area contributed by atoms with E-state index < -0.39 is 11.7 Å². The van der Waals surface area contributed by atoms with Crippen molar-refractivity contribution in [1.29, 1.82) is 0 Å². The minimum Gasteiger partial charge on any atom is -0.399 e. The van der Waals surface area contributed by atoms with Crippen molar-refractivity contribution in [2.24, 2.45) is 7.05 Å². The number of aromatic nitrogens is 2. The van der Waals surface area contributed by atoms with Gasteiger partial charge in [-0.15, -0.1) is 0 Å². The fourth-order valence-electron chi connectivity index (χ4n) is 1.74. The van der Waals surface area contributed by atoms with Crippen LogP contribution in [0.2, 0.25) is 0 Å². The van der Waals surface area contributed by atoms with Gasteiger partial charge in [-0.25, -0.2) is 9.37 Å². The van der Waals surface area contributed by atoms with Gasteiger partial charge in [-0.05, 0) is 18.2 Å². The van der Waals surface area contributed by atoms with Gasteiger partial charge in [0.25, 0.3) is 5.91 Å². The molecule has 5 nitrogen and oxygen atoms in total. The maximum absolute atomic E-state index is 13.7. The molecule has 1 amide bonds. The van der Waals surface area contributed by atoms with Gasteiger partial charge in [-0.2, -0.15) is 0 Å². The summed E-state index contributed by atoms with van der Waals surface area (Å²) < 4.78 is 15.5. The number of rotatable bonds is 3. The average molecular weight is 262 g/mol. The molecule has 2 N–H and O–H groups in total. The van der Waals surface area contributed by atoms with Crippen molar-refractivity contribution in [2.75, 3.05) is 12.8 Å². The number of carbonyl (C=O) groups is 1. The van der Waals surface area contributed by atoms with Gasteiger partial charge in [0.2, 0.25) is 0 Å². The molecule has 0 saturated heterocycles. The number of nitrogen functional groups attached to an aromatic ring is 1. The van der Waals surface area contributed by atoms with E-state index in [2.05, 4.69) is 4.98 Å². The minimum absolute atomic E-state index is 0.00547. The molecule has 0 saturated carbocycles. The summed E-state index contributed by atoms with van der Waals surface area (Å²) in [5, 5.41) is 0. The number of hydrogen-bond donors (Lipinski definition) is 1. The van der Waals surface area contributed by atoms with Crippen LogP contribution in [0.25, 0.3) is 0 Å². The van der Waals surface area contributed by atoms with E-state index in [-0.39, 0.29) is 5.56 Å². The van der Waals surface area contributed by atoms with E-state index in [0.717, 1.165) is 11.9 Å². The van der Waals surface area contributed by atoms with E-state index in [1.165, 1.54) is 17.0 Å². The van der Waals surface area contributed by atoms with Crippen LogP contribution in [0.4, 0.5) is 10.1 Å². The second kappa shape index (κ2) is 5.09. The zero-order valence-electron chi connectivity index (χ0n) is 10.8. The molecule has 0 radical (unpaired) electrons. The highest BCUT2D eigenvalue weighted by Gasteiger charge is 2.17. The lowest BCUT2D eigenvalue weighted by molar-refractivity contribution is 0.0776. The Labute approximate surface area is 110 Å². The first-order chi connectivity index (χ1) is 8.99. The summed E-state index contributed by atoms with van der Waals surface area (Å²) in [6.07, 6.45) is 3.44. The molecule has 19 heavy (non-hydrogen) atoms. The van der Waals surface area contributed by atoms with Gasteiger partial charge < -0.3 is 15.2 Å². The molecule has 1 aromatic carbocycles. The third-order valence-electron chi connectivity index (χ3n) is 2.87. The van der Waals surface area contributed by atoms with E-state index in [9.17, 15) is 9.18 Å². The Kier molecular flexibility index (Phi) is 3.50. The number of nitrogens with two attached hydrogens (primary N) is 1. The van der Waals surface area contributed by atoms with Crippen LogP contribution in [-0.4, -0.2) is 27.4 Å². The molecule has 0 aliphatic rings. The molecule has 6 heteroatoms. The molecule has 2 aromatic rings. The second-order valence-electron chi connectivity index (χ2n) is 4.35. The highest BCUT2D eigenvalue weighted by atomic mass is 19.1. The third kappa shape index (κ3) is 2.73. The molecular formula is C13H15FN4O. The highest BCUT2D eigenvalue weighted by molar-refractivity contribution is 5.94. The normalized spacial score (nSPS) is 10.5. The van der Waals surface area contributed by atoms with Crippen molar-refractivity contribution in [2.45, 2.75) is 6.54 Å². The van der Waals surface area contributed by atoms with E-state index in [1.54, 1.807) is 19.4 Å². The van der Waals surface area contributed by atoms with Crippen molar-refractivity contribution in [1.82, 2.24) is 14.5 Å². The van der Waals surface area contributed by atoms with E-state index >= 15 is 0 Å². The van der Waals surface area contributed by atoms with Gasteiger partial charge in [0, 0.05) is 32.2 Å². The van der Waals surface area contributed by atoms with Gasteiger partial charge in [0.05, 0.1) is 12.1 Å². The number of amides is 1. The molecule has 0 spiro atoms. The smallest absolute Gasteiger partial charge is 0.256 e. The average Bonchev–Trinajstić information content (AvgIpc) is 2.74. The van der Waals surface area contributed by atoms with Crippen LogP contribution >= 0.6 is 0 Å². The van der Waals surface area contributed by atoms with Gasteiger partial charge in [-0.1, -0.05) is 0 Å². The van der Waals surface area contributed by atoms with Crippen LogP contribution < -0.4 is 5.73 Å². The van der Waals surface area contributed by atoms with E-state index in [0.29, 0.717) is 12.2 Å². The molecule has 0 bridgehead atoms. The molecule has 0 unspecified atom stereocenters. The van der Waals surface area contributed by atoms with Crippen LogP contribution in [-0.2, 0) is 13.6 Å². The first-order valence-corrected chi connectivity index (χ1v) is 5.75. The molecule has 0 atom stereocenters. The number of aryl methyl sites for hydroxylation is 1. The lowest BCUT2D eigenvalue weighted by Gasteiger charge is -2.17. The quantitative estimate of drug-likeness (QED) is 0.851. The van der Waals surface area contributed by atoms with Crippen LogP contribution in [0.15, 0.2) is 30.6 Å². The Morgan fingerprint density at radius 1 is 1.53 bits per heavy atom. The number of nitrogens with zero attached hydrogens (tertiary/aromatic N) is 3. The van der Waals surface area contributed by atoms with Crippen molar-refractivity contribution in [3.63, 3.8) is 0 Å². The number of carbonyl (C=O) groups excluding carboxylic acids is 1. The van der Waals surface area contributed by atoms with Crippen molar-refractivity contribution < 1.29 is 9.18 Å². The molecule has 2 rings (SSSR count). The number of hydrogen-bond acceptors (Lipinski definition) is 3. The fourth-order valence-corrected chi connectivity index (χ4v) is 1.74. The Morgan fingerprint density at radius 3 is 2.84 bits per heavy atom. The summed E-state index contributed by atoms with van der Waals surface area (Å²) in [5.41, 5.74) is 5.75. The van der Waals surface area contributed by atoms with Crippen LogP contribution in [0.5, 0.6) is 0 Å².